The van der Waals surface area contributed by atoms with Gasteiger partial charge in [-0.2, -0.15) is 0 Å². The Bertz CT molecular complexity index is 1520. The van der Waals surface area contributed by atoms with Crippen LogP contribution in [0.1, 0.15) is 82.8 Å². The lowest BCUT2D eigenvalue weighted by atomic mass is 9.86. The first kappa shape index (κ1) is 33.1. The van der Waals surface area contributed by atoms with E-state index in [1.165, 1.54) is 5.56 Å². The zero-order valence-electron chi connectivity index (χ0n) is 26.9. The number of para-hydroxylation sites is 1. The Morgan fingerprint density at radius 1 is 1.05 bits per heavy atom. The van der Waals surface area contributed by atoms with Gasteiger partial charge >= 0.3 is 11.9 Å². The molecule has 1 aliphatic rings. The Kier molecular flexibility index (Phi) is 11.1. The van der Waals surface area contributed by atoms with Gasteiger partial charge in [0.25, 0.3) is 0 Å². The maximum Gasteiger partial charge on any atom is 0.334 e. The van der Waals surface area contributed by atoms with Crippen LogP contribution in [0.15, 0.2) is 64.6 Å². The van der Waals surface area contributed by atoms with E-state index >= 15 is 0 Å². The molecular formula is C38H46O6. The number of ether oxygens (including phenoxy) is 2. The lowest BCUT2D eigenvalue weighted by Gasteiger charge is -2.25. The summed E-state index contributed by atoms with van der Waals surface area (Å²) in [6.07, 6.45) is 5.48. The van der Waals surface area contributed by atoms with Gasteiger partial charge in [-0.15, -0.1) is 0 Å². The van der Waals surface area contributed by atoms with Gasteiger partial charge in [-0.05, 0) is 68.2 Å². The molecule has 6 nitrogen and oxygen atoms in total. The normalized spacial score (nSPS) is 18.2. The molecule has 234 valence electrons. The van der Waals surface area contributed by atoms with E-state index in [0.29, 0.717) is 41.1 Å². The molecule has 0 unspecified atom stereocenters. The molecule has 0 aliphatic carbocycles. The average Bonchev–Trinajstić information content (AvgIpc) is 3.54. The SMILES string of the molecule is Cc1ccc(C#Cc2cccc3cc(C[C@H](C)C(=O)OC[C@]4(CO)C/C(=C\CC(CC(C)C)CC(C)C)C(=O)O4)oc23)cc1. The van der Waals surface area contributed by atoms with Crippen LogP contribution in [-0.2, 0) is 25.5 Å². The van der Waals surface area contributed by atoms with Crippen molar-refractivity contribution in [3.8, 4) is 11.8 Å². The third kappa shape index (κ3) is 8.86. The second kappa shape index (κ2) is 14.8. The summed E-state index contributed by atoms with van der Waals surface area (Å²) in [6.45, 7) is 12.0. The molecule has 1 saturated heterocycles. The highest BCUT2D eigenvalue weighted by Crippen LogP contribution is 2.33. The topological polar surface area (TPSA) is 86.0 Å². The number of aliphatic hydroxyl groups is 1. The molecule has 2 atom stereocenters. The van der Waals surface area contributed by atoms with Crippen LogP contribution in [0, 0.1) is 42.4 Å². The second-order valence-corrected chi connectivity index (χ2v) is 13.3. The van der Waals surface area contributed by atoms with E-state index in [1.807, 2.05) is 61.5 Å². The van der Waals surface area contributed by atoms with Gasteiger partial charge in [0.05, 0.1) is 18.1 Å². The number of hydrogen-bond donors (Lipinski definition) is 1. The van der Waals surface area contributed by atoms with Gasteiger partial charge < -0.3 is 19.0 Å². The first-order chi connectivity index (χ1) is 21.0. The van der Waals surface area contributed by atoms with Gasteiger partial charge in [0.1, 0.15) is 18.0 Å². The van der Waals surface area contributed by atoms with Gasteiger partial charge in [-0.3, -0.25) is 4.79 Å². The molecule has 1 aromatic heterocycles. The molecule has 3 aromatic rings. The zero-order valence-corrected chi connectivity index (χ0v) is 26.9. The molecule has 44 heavy (non-hydrogen) atoms. The lowest BCUT2D eigenvalue weighted by Crippen LogP contribution is -2.40. The molecule has 2 aromatic carbocycles. The van der Waals surface area contributed by atoms with Gasteiger partial charge in [-0.25, -0.2) is 4.79 Å². The molecule has 2 heterocycles. The number of aryl methyl sites for hydroxylation is 1. The highest BCUT2D eigenvalue weighted by atomic mass is 16.6. The van der Waals surface area contributed by atoms with Crippen molar-refractivity contribution in [2.24, 2.45) is 23.7 Å². The molecule has 0 radical (unpaired) electrons. The number of esters is 2. The summed E-state index contributed by atoms with van der Waals surface area (Å²) in [4.78, 5) is 25.7. The molecule has 4 rings (SSSR count). The Balaban J connectivity index is 1.37. The predicted octanol–water partition coefficient (Wildman–Crippen LogP) is 7.57. The smallest absolute Gasteiger partial charge is 0.334 e. The number of benzene rings is 2. The van der Waals surface area contributed by atoms with Crippen LogP contribution in [0.2, 0.25) is 0 Å². The van der Waals surface area contributed by atoms with Crippen molar-refractivity contribution in [2.75, 3.05) is 13.2 Å². The number of hydrogen-bond acceptors (Lipinski definition) is 6. The summed E-state index contributed by atoms with van der Waals surface area (Å²) in [5, 5.41) is 11.1. The summed E-state index contributed by atoms with van der Waals surface area (Å²) in [7, 11) is 0. The van der Waals surface area contributed by atoms with Crippen LogP contribution in [0.3, 0.4) is 0 Å². The van der Waals surface area contributed by atoms with Crippen molar-refractivity contribution < 1.29 is 28.6 Å². The minimum Gasteiger partial charge on any atom is -0.461 e. The molecule has 6 heteroatoms. The fourth-order valence-corrected chi connectivity index (χ4v) is 5.84. The molecule has 0 amide bonds. The van der Waals surface area contributed by atoms with Crippen LogP contribution in [0.5, 0.6) is 0 Å². The molecule has 0 saturated carbocycles. The monoisotopic (exact) mass is 598 g/mol. The van der Waals surface area contributed by atoms with E-state index in [-0.39, 0.29) is 13.0 Å². The van der Waals surface area contributed by atoms with E-state index in [4.69, 9.17) is 13.9 Å². The van der Waals surface area contributed by atoms with Crippen molar-refractivity contribution in [2.45, 2.75) is 79.2 Å². The Morgan fingerprint density at radius 3 is 2.41 bits per heavy atom. The fourth-order valence-electron chi connectivity index (χ4n) is 5.84. The van der Waals surface area contributed by atoms with Gasteiger partial charge in [0.15, 0.2) is 5.60 Å². The third-order valence-corrected chi connectivity index (χ3v) is 8.05. The number of cyclic esters (lactones) is 1. The number of furan rings is 1. The standard InChI is InChI=1S/C38H46O6/c1-25(2)18-30(19-26(3)4)15-17-33-22-38(23-39,44-37(33)41)24-42-36(40)28(6)20-34-21-32-9-7-8-31(35(32)43-34)16-14-29-12-10-27(5)11-13-29/h7-13,17,21,25-26,28,30,39H,15,18-20,22-24H2,1-6H3/b33-17+/t28-,38+/m0/s1. The van der Waals surface area contributed by atoms with E-state index in [9.17, 15) is 14.7 Å². The molecule has 1 aliphatic heterocycles. The maximum atomic E-state index is 13.0. The highest BCUT2D eigenvalue weighted by Gasteiger charge is 2.44. The van der Waals surface area contributed by atoms with Crippen LogP contribution in [0.25, 0.3) is 11.0 Å². The van der Waals surface area contributed by atoms with Crippen LogP contribution in [0.4, 0.5) is 0 Å². The Morgan fingerprint density at radius 2 is 1.75 bits per heavy atom. The molecule has 1 N–H and O–H groups in total. The van der Waals surface area contributed by atoms with Crippen molar-refractivity contribution in [3.63, 3.8) is 0 Å². The minimum atomic E-state index is -1.26. The van der Waals surface area contributed by atoms with E-state index in [1.54, 1.807) is 6.92 Å². The summed E-state index contributed by atoms with van der Waals surface area (Å²) in [5.41, 5.74) is 2.86. The summed E-state index contributed by atoms with van der Waals surface area (Å²) < 4.78 is 17.4. The minimum absolute atomic E-state index is 0.198. The van der Waals surface area contributed by atoms with E-state index in [2.05, 4.69) is 39.5 Å². The first-order valence-electron chi connectivity index (χ1n) is 15.8. The van der Waals surface area contributed by atoms with Gasteiger partial charge in [-0.1, -0.05) is 82.4 Å². The maximum absolute atomic E-state index is 13.0. The third-order valence-electron chi connectivity index (χ3n) is 8.05. The largest absolute Gasteiger partial charge is 0.461 e. The van der Waals surface area contributed by atoms with Gasteiger partial charge in [0, 0.05) is 29.4 Å². The van der Waals surface area contributed by atoms with Crippen LogP contribution in [-0.4, -0.2) is 35.9 Å². The van der Waals surface area contributed by atoms with E-state index < -0.39 is 30.1 Å². The quantitative estimate of drug-likeness (QED) is 0.132. The Hall–Kier alpha value is -3.82. The van der Waals surface area contributed by atoms with Crippen molar-refractivity contribution >= 4 is 22.9 Å². The number of carbonyl (C=O) groups excluding carboxylic acids is 2. The second-order valence-electron chi connectivity index (χ2n) is 13.3. The van der Waals surface area contributed by atoms with Crippen molar-refractivity contribution in [1.29, 1.82) is 0 Å². The fraction of sp³-hybridized carbons (Fsp3) is 0.474. The van der Waals surface area contributed by atoms with Crippen molar-refractivity contribution in [3.05, 3.63) is 82.6 Å². The molecule has 1 fully saturated rings. The number of allylic oxidation sites excluding steroid dienone is 1. The molecular weight excluding hydrogens is 552 g/mol. The lowest BCUT2D eigenvalue weighted by molar-refractivity contribution is -0.168. The number of rotatable bonds is 12. The zero-order chi connectivity index (χ0) is 31.9. The molecule has 0 bridgehead atoms. The summed E-state index contributed by atoms with van der Waals surface area (Å²) >= 11 is 0. The summed E-state index contributed by atoms with van der Waals surface area (Å²) in [5.74, 6) is 7.28. The molecule has 0 spiro atoms. The van der Waals surface area contributed by atoms with E-state index in [0.717, 1.165) is 35.8 Å². The number of fused-ring (bicyclic) bond motifs is 1. The van der Waals surface area contributed by atoms with Gasteiger partial charge in [0.2, 0.25) is 0 Å². The highest BCUT2D eigenvalue weighted by molar-refractivity contribution is 5.91. The average molecular weight is 599 g/mol. The summed E-state index contributed by atoms with van der Waals surface area (Å²) in [6, 6.07) is 15.8. The van der Waals surface area contributed by atoms with Crippen LogP contribution >= 0.6 is 0 Å². The Labute approximate surface area is 261 Å². The van der Waals surface area contributed by atoms with Crippen LogP contribution < -0.4 is 0 Å². The predicted molar refractivity (Wildman–Crippen MR) is 173 cm³/mol. The number of aliphatic hydroxyl groups excluding tert-OH is 1. The first-order valence-corrected chi connectivity index (χ1v) is 15.8. The number of carbonyl (C=O) groups is 2. The van der Waals surface area contributed by atoms with Crippen molar-refractivity contribution in [1.82, 2.24) is 0 Å².